The molecule has 0 aliphatic heterocycles. The molecule has 0 atom stereocenters. The number of nitrogens with one attached hydrogen (secondary N) is 1. The number of amides is 1. The van der Waals surface area contributed by atoms with Gasteiger partial charge in [-0.3, -0.25) is 4.79 Å². The number of hydrogen-bond acceptors (Lipinski definition) is 1. The number of rotatable bonds is 2. The lowest BCUT2D eigenvalue weighted by Gasteiger charge is -2.08. The highest BCUT2D eigenvalue weighted by Gasteiger charge is 2.18. The van der Waals surface area contributed by atoms with E-state index in [0.29, 0.717) is 5.69 Å². The third-order valence-electron chi connectivity index (χ3n) is 2.76. The van der Waals surface area contributed by atoms with E-state index in [1.54, 1.807) is 12.1 Å². The van der Waals surface area contributed by atoms with Gasteiger partial charge in [0, 0.05) is 5.69 Å². The van der Waals surface area contributed by atoms with Crippen molar-refractivity contribution in [2.24, 2.45) is 0 Å². The normalized spacial score (nSPS) is 10.4. The fourth-order valence-electron chi connectivity index (χ4n) is 1.95. The van der Waals surface area contributed by atoms with E-state index < -0.39 is 28.9 Å². The van der Waals surface area contributed by atoms with Gasteiger partial charge >= 0.3 is 0 Å². The van der Waals surface area contributed by atoms with E-state index in [9.17, 15) is 18.0 Å². The molecule has 1 N–H and O–H groups in total. The minimum absolute atomic E-state index is 0.469. The summed E-state index contributed by atoms with van der Waals surface area (Å²) in [6.07, 6.45) is 0. The number of hydrogen-bond donors (Lipinski definition) is 1. The first kappa shape index (κ1) is 14.1. The van der Waals surface area contributed by atoms with Crippen molar-refractivity contribution in [2.75, 3.05) is 5.32 Å². The van der Waals surface area contributed by atoms with Crippen LogP contribution in [0.2, 0.25) is 0 Å². The second-order valence-electron chi connectivity index (χ2n) is 4.55. The molecule has 1 amide bonds. The summed E-state index contributed by atoms with van der Waals surface area (Å²) in [5.41, 5.74) is 1.77. The summed E-state index contributed by atoms with van der Waals surface area (Å²) in [5, 5.41) is 2.46. The van der Waals surface area contributed by atoms with Crippen LogP contribution in [-0.4, -0.2) is 5.91 Å². The van der Waals surface area contributed by atoms with E-state index in [1.165, 1.54) is 0 Å². The van der Waals surface area contributed by atoms with Crippen molar-refractivity contribution in [1.82, 2.24) is 0 Å². The first-order chi connectivity index (χ1) is 9.38. The Morgan fingerprint density at radius 1 is 0.950 bits per heavy atom. The predicted octanol–water partition coefficient (Wildman–Crippen LogP) is 3.97. The van der Waals surface area contributed by atoms with Crippen LogP contribution < -0.4 is 5.32 Å². The number of carbonyl (C=O) groups excluding carboxylic acids is 1. The summed E-state index contributed by atoms with van der Waals surface area (Å²) in [6, 6.07) is 6.93. The molecule has 0 radical (unpaired) electrons. The van der Waals surface area contributed by atoms with Crippen molar-refractivity contribution < 1.29 is 18.0 Å². The van der Waals surface area contributed by atoms with Gasteiger partial charge in [0.05, 0.1) is 5.56 Å². The summed E-state index contributed by atoms with van der Waals surface area (Å²) in [5.74, 6) is -5.30. The quantitative estimate of drug-likeness (QED) is 0.828. The molecule has 0 bridgehead atoms. The second-order valence-corrected chi connectivity index (χ2v) is 4.55. The molecule has 0 spiro atoms. The van der Waals surface area contributed by atoms with E-state index in [4.69, 9.17) is 0 Å². The van der Waals surface area contributed by atoms with Crippen LogP contribution >= 0.6 is 0 Å². The van der Waals surface area contributed by atoms with Crippen LogP contribution in [0.15, 0.2) is 30.3 Å². The van der Waals surface area contributed by atoms with Gasteiger partial charge in [-0.25, -0.2) is 13.2 Å². The predicted molar refractivity (Wildman–Crippen MR) is 70.2 cm³/mol. The maximum Gasteiger partial charge on any atom is 0.258 e. The molecule has 0 fully saturated rings. The lowest BCUT2D eigenvalue weighted by atomic mass is 10.1. The van der Waals surface area contributed by atoms with Crippen molar-refractivity contribution in [3.8, 4) is 0 Å². The number of aryl methyl sites for hydroxylation is 2. The Labute approximate surface area is 114 Å². The first-order valence-electron chi connectivity index (χ1n) is 5.91. The molecule has 2 aromatic rings. The van der Waals surface area contributed by atoms with Crippen molar-refractivity contribution >= 4 is 11.6 Å². The SMILES string of the molecule is Cc1cc(C)cc(NC(=O)c2ccc(F)c(F)c2F)c1. The molecule has 0 unspecified atom stereocenters. The maximum atomic E-state index is 13.5. The van der Waals surface area contributed by atoms with Crippen LogP contribution in [0.5, 0.6) is 0 Å². The zero-order chi connectivity index (χ0) is 14.9. The maximum absolute atomic E-state index is 13.5. The summed E-state index contributed by atoms with van der Waals surface area (Å²) in [4.78, 5) is 11.9. The molecule has 0 saturated heterocycles. The molecule has 0 aromatic heterocycles. The van der Waals surface area contributed by atoms with E-state index >= 15 is 0 Å². The zero-order valence-electron chi connectivity index (χ0n) is 10.9. The molecule has 20 heavy (non-hydrogen) atoms. The fraction of sp³-hybridized carbons (Fsp3) is 0.133. The van der Waals surface area contributed by atoms with Gasteiger partial charge in [-0.2, -0.15) is 0 Å². The van der Waals surface area contributed by atoms with Crippen LogP contribution in [-0.2, 0) is 0 Å². The van der Waals surface area contributed by atoms with E-state index in [1.807, 2.05) is 19.9 Å². The number of carbonyl (C=O) groups is 1. The Hall–Kier alpha value is -2.30. The Kier molecular flexibility index (Phi) is 3.79. The van der Waals surface area contributed by atoms with Gasteiger partial charge in [-0.05, 0) is 49.2 Å². The third kappa shape index (κ3) is 2.82. The van der Waals surface area contributed by atoms with Gasteiger partial charge in [-0.1, -0.05) is 6.07 Å². The lowest BCUT2D eigenvalue weighted by Crippen LogP contribution is -2.15. The number of anilines is 1. The molecule has 2 nitrogen and oxygen atoms in total. The zero-order valence-corrected chi connectivity index (χ0v) is 10.9. The highest BCUT2D eigenvalue weighted by molar-refractivity contribution is 6.04. The topological polar surface area (TPSA) is 29.1 Å². The summed E-state index contributed by atoms with van der Waals surface area (Å²) >= 11 is 0. The molecule has 0 saturated carbocycles. The van der Waals surface area contributed by atoms with Gasteiger partial charge < -0.3 is 5.32 Å². The standard InChI is InChI=1S/C15H12F3NO/c1-8-5-9(2)7-10(6-8)19-15(20)11-3-4-12(16)14(18)13(11)17/h3-7H,1-2H3,(H,19,20). The highest BCUT2D eigenvalue weighted by Crippen LogP contribution is 2.18. The Morgan fingerprint density at radius 2 is 1.55 bits per heavy atom. The fourth-order valence-corrected chi connectivity index (χ4v) is 1.95. The van der Waals surface area contributed by atoms with Crippen LogP contribution in [0.1, 0.15) is 21.5 Å². The van der Waals surface area contributed by atoms with Crippen LogP contribution in [0.4, 0.5) is 18.9 Å². The van der Waals surface area contributed by atoms with Gasteiger partial charge in [-0.15, -0.1) is 0 Å². The lowest BCUT2D eigenvalue weighted by molar-refractivity contribution is 0.102. The Bertz CT molecular complexity index is 663. The van der Waals surface area contributed by atoms with E-state index in [0.717, 1.165) is 23.3 Å². The summed E-state index contributed by atoms with van der Waals surface area (Å²) < 4.78 is 39.4. The van der Waals surface area contributed by atoms with Crippen molar-refractivity contribution in [3.05, 3.63) is 64.5 Å². The highest BCUT2D eigenvalue weighted by atomic mass is 19.2. The molecule has 104 valence electrons. The molecule has 2 rings (SSSR count). The molecule has 5 heteroatoms. The number of halogens is 3. The number of benzene rings is 2. The molecular formula is C15H12F3NO. The smallest absolute Gasteiger partial charge is 0.258 e. The van der Waals surface area contributed by atoms with Gasteiger partial charge in [0.2, 0.25) is 0 Å². The molecule has 2 aromatic carbocycles. The molecule has 0 aliphatic carbocycles. The second kappa shape index (κ2) is 5.36. The monoisotopic (exact) mass is 279 g/mol. The van der Waals surface area contributed by atoms with E-state index in [-0.39, 0.29) is 0 Å². The summed E-state index contributed by atoms with van der Waals surface area (Å²) in [6.45, 7) is 3.70. The first-order valence-corrected chi connectivity index (χ1v) is 5.91. The molecule has 0 aliphatic rings. The molecule has 0 heterocycles. The minimum Gasteiger partial charge on any atom is -0.322 e. The van der Waals surface area contributed by atoms with Crippen LogP contribution in [0, 0.1) is 31.3 Å². The Morgan fingerprint density at radius 3 is 2.15 bits per heavy atom. The largest absolute Gasteiger partial charge is 0.322 e. The van der Waals surface area contributed by atoms with Gasteiger partial charge in [0.1, 0.15) is 0 Å². The van der Waals surface area contributed by atoms with E-state index in [2.05, 4.69) is 5.32 Å². The van der Waals surface area contributed by atoms with Crippen molar-refractivity contribution in [3.63, 3.8) is 0 Å². The molecular weight excluding hydrogens is 267 g/mol. The van der Waals surface area contributed by atoms with Crippen molar-refractivity contribution in [2.45, 2.75) is 13.8 Å². The van der Waals surface area contributed by atoms with Gasteiger partial charge in [0.15, 0.2) is 17.5 Å². The third-order valence-corrected chi connectivity index (χ3v) is 2.76. The minimum atomic E-state index is -1.65. The van der Waals surface area contributed by atoms with Gasteiger partial charge in [0.25, 0.3) is 5.91 Å². The average molecular weight is 279 g/mol. The summed E-state index contributed by atoms with van der Waals surface area (Å²) in [7, 11) is 0. The van der Waals surface area contributed by atoms with Crippen LogP contribution in [0.25, 0.3) is 0 Å². The van der Waals surface area contributed by atoms with Crippen molar-refractivity contribution in [1.29, 1.82) is 0 Å². The van der Waals surface area contributed by atoms with Crippen LogP contribution in [0.3, 0.4) is 0 Å². The Balaban J connectivity index is 2.31. The average Bonchev–Trinajstić information content (AvgIpc) is 2.34.